The van der Waals surface area contributed by atoms with Crippen LogP contribution in [0, 0.1) is 5.92 Å². The van der Waals surface area contributed by atoms with E-state index >= 15 is 0 Å². The molecule has 0 N–H and O–H groups in total. The largest absolute Gasteiger partial charge is 0.491 e. The minimum Gasteiger partial charge on any atom is -0.430 e. The lowest BCUT2D eigenvalue weighted by atomic mass is 9.77. The Morgan fingerprint density at radius 2 is 1.36 bits per heavy atom. The van der Waals surface area contributed by atoms with Gasteiger partial charge in [-0.05, 0) is 18.1 Å². The fourth-order valence-electron chi connectivity index (χ4n) is 5.54. The standard InChI is InChI=1S/C27H18F6N2O7/c28-26(29,30)22(39)41-24(13-11-15-7-3-1-4-8-15)18-17(36)12-14-34(24)35-19(18)20(37)25(21(35)38,16-9-5-2-6-10-16)42-23(40)27(31,32)33/h1-10,12,14,18-19H,11,13H2. The highest BCUT2D eigenvalue weighted by molar-refractivity contribution is 6.21. The van der Waals surface area contributed by atoms with Gasteiger partial charge in [0.15, 0.2) is 5.78 Å². The number of alkyl halides is 6. The summed E-state index contributed by atoms with van der Waals surface area (Å²) in [7, 11) is 0. The van der Waals surface area contributed by atoms with E-state index in [4.69, 9.17) is 4.74 Å². The normalized spacial score (nSPS) is 26.9. The maximum Gasteiger partial charge on any atom is 0.491 e. The minimum absolute atomic E-state index is 0.115. The summed E-state index contributed by atoms with van der Waals surface area (Å²) in [6.07, 6.45) is -10.2. The van der Waals surface area contributed by atoms with Gasteiger partial charge in [0.25, 0.3) is 11.5 Å². The maximum atomic E-state index is 14.0. The summed E-state index contributed by atoms with van der Waals surface area (Å²) in [5.41, 5.74) is -5.82. The summed E-state index contributed by atoms with van der Waals surface area (Å²) in [5, 5.41) is 1.06. The Hall–Kier alpha value is -4.69. The number of allylic oxidation sites excluding steroid dienone is 1. The van der Waals surface area contributed by atoms with Gasteiger partial charge in [-0.15, -0.1) is 0 Å². The molecule has 42 heavy (non-hydrogen) atoms. The van der Waals surface area contributed by atoms with Crippen LogP contribution in [0.15, 0.2) is 72.9 Å². The first-order chi connectivity index (χ1) is 19.6. The molecule has 1 amide bonds. The number of esters is 2. The zero-order valence-electron chi connectivity index (χ0n) is 21.0. The number of ether oxygens (including phenoxy) is 2. The smallest absolute Gasteiger partial charge is 0.430 e. The Morgan fingerprint density at radius 3 is 1.93 bits per heavy atom. The summed E-state index contributed by atoms with van der Waals surface area (Å²) in [6.45, 7) is 0. The number of nitrogens with zero attached hydrogens (tertiary/aromatic N) is 2. The molecule has 0 saturated carbocycles. The first-order valence-corrected chi connectivity index (χ1v) is 12.2. The molecule has 3 aliphatic heterocycles. The summed E-state index contributed by atoms with van der Waals surface area (Å²) in [5.74, 6) is -11.8. The van der Waals surface area contributed by atoms with Crippen molar-refractivity contribution in [2.45, 2.75) is 42.6 Å². The highest BCUT2D eigenvalue weighted by atomic mass is 19.4. The minimum atomic E-state index is -5.65. The zero-order valence-corrected chi connectivity index (χ0v) is 21.0. The van der Waals surface area contributed by atoms with Crippen LogP contribution in [0.1, 0.15) is 17.5 Å². The van der Waals surface area contributed by atoms with E-state index in [9.17, 15) is 50.3 Å². The third-order valence-electron chi connectivity index (χ3n) is 7.27. The van der Waals surface area contributed by atoms with Gasteiger partial charge in [-0.3, -0.25) is 14.4 Å². The van der Waals surface area contributed by atoms with Gasteiger partial charge < -0.3 is 9.47 Å². The molecule has 3 aliphatic rings. The van der Waals surface area contributed by atoms with Gasteiger partial charge in [-0.1, -0.05) is 60.7 Å². The molecular formula is C27H18F6N2O7. The second-order valence-corrected chi connectivity index (χ2v) is 9.65. The average Bonchev–Trinajstić information content (AvgIpc) is 3.24. The number of amides is 1. The summed E-state index contributed by atoms with van der Waals surface area (Å²) < 4.78 is 89.8. The lowest BCUT2D eigenvalue weighted by Gasteiger charge is -2.44. The number of fused-ring (bicyclic) bond motifs is 5. The number of rotatable bonds is 6. The number of carbonyl (C=O) groups excluding carboxylic acids is 5. The Morgan fingerprint density at radius 1 is 0.810 bits per heavy atom. The molecule has 9 nitrogen and oxygen atoms in total. The molecule has 0 radical (unpaired) electrons. The number of carbonyl (C=O) groups is 5. The van der Waals surface area contributed by atoms with Crippen LogP contribution in [-0.4, -0.2) is 63.5 Å². The molecule has 2 aromatic carbocycles. The summed E-state index contributed by atoms with van der Waals surface area (Å²) >= 11 is 0. The van der Waals surface area contributed by atoms with Crippen LogP contribution in [0.3, 0.4) is 0 Å². The highest BCUT2D eigenvalue weighted by Crippen LogP contribution is 2.54. The highest BCUT2D eigenvalue weighted by Gasteiger charge is 2.77. The van der Waals surface area contributed by atoms with E-state index in [0.717, 1.165) is 24.4 Å². The molecule has 0 aliphatic carbocycles. The van der Waals surface area contributed by atoms with Crippen molar-refractivity contribution in [2.75, 3.05) is 0 Å². The molecule has 2 aromatic rings. The second-order valence-electron chi connectivity index (χ2n) is 9.65. The summed E-state index contributed by atoms with van der Waals surface area (Å²) in [6, 6.07) is 11.9. The van der Waals surface area contributed by atoms with Gasteiger partial charge in [0.05, 0.1) is 0 Å². The first kappa shape index (κ1) is 28.8. The lowest BCUT2D eigenvalue weighted by Crippen LogP contribution is -2.60. The van der Waals surface area contributed by atoms with Crippen molar-refractivity contribution < 1.29 is 59.8 Å². The van der Waals surface area contributed by atoms with Gasteiger partial charge >= 0.3 is 24.3 Å². The van der Waals surface area contributed by atoms with Gasteiger partial charge in [-0.25, -0.2) is 19.6 Å². The van der Waals surface area contributed by atoms with Crippen LogP contribution in [0.25, 0.3) is 0 Å². The summed E-state index contributed by atoms with van der Waals surface area (Å²) in [4.78, 5) is 65.5. The van der Waals surface area contributed by atoms with E-state index in [2.05, 4.69) is 4.74 Å². The third kappa shape index (κ3) is 4.30. The van der Waals surface area contributed by atoms with Crippen LogP contribution >= 0.6 is 0 Å². The van der Waals surface area contributed by atoms with Crippen molar-refractivity contribution in [1.82, 2.24) is 10.0 Å². The van der Waals surface area contributed by atoms with Crippen molar-refractivity contribution in [3.8, 4) is 0 Å². The molecule has 15 heteroatoms. The van der Waals surface area contributed by atoms with E-state index in [1.807, 2.05) is 0 Å². The number of hydrazine groups is 1. The first-order valence-electron chi connectivity index (χ1n) is 12.2. The van der Waals surface area contributed by atoms with E-state index in [1.165, 1.54) is 18.2 Å². The Balaban J connectivity index is 1.66. The molecule has 2 saturated heterocycles. The second kappa shape index (κ2) is 9.70. The number of ketones is 2. The van der Waals surface area contributed by atoms with Crippen molar-refractivity contribution in [3.05, 3.63) is 84.1 Å². The number of hydrogen-bond acceptors (Lipinski definition) is 8. The zero-order chi connectivity index (χ0) is 30.7. The van der Waals surface area contributed by atoms with E-state index in [1.54, 1.807) is 30.3 Å². The third-order valence-corrected chi connectivity index (χ3v) is 7.27. The van der Waals surface area contributed by atoms with E-state index < -0.39 is 77.0 Å². The number of halogens is 6. The van der Waals surface area contributed by atoms with Crippen LogP contribution < -0.4 is 0 Å². The van der Waals surface area contributed by atoms with Crippen molar-refractivity contribution >= 4 is 29.4 Å². The molecule has 0 spiro atoms. The molecule has 3 heterocycles. The quantitative estimate of drug-likeness (QED) is 0.284. The Labute approximate surface area is 232 Å². The maximum absolute atomic E-state index is 14.0. The monoisotopic (exact) mass is 596 g/mol. The topological polar surface area (TPSA) is 110 Å². The molecule has 2 fully saturated rings. The molecule has 2 bridgehead atoms. The average molecular weight is 596 g/mol. The predicted molar refractivity (Wildman–Crippen MR) is 125 cm³/mol. The van der Waals surface area contributed by atoms with Crippen LogP contribution in [-0.2, 0) is 45.5 Å². The number of aryl methyl sites for hydroxylation is 1. The number of benzene rings is 2. The molecule has 0 aromatic heterocycles. The molecule has 4 atom stereocenters. The Bertz CT molecular complexity index is 1490. The van der Waals surface area contributed by atoms with Crippen molar-refractivity contribution in [3.63, 3.8) is 0 Å². The van der Waals surface area contributed by atoms with Crippen LogP contribution in [0.4, 0.5) is 26.3 Å². The van der Waals surface area contributed by atoms with Gasteiger partial charge in [-0.2, -0.15) is 26.3 Å². The SMILES string of the molecule is O=C1C=CN2N3C(=O)C(OC(=O)C(F)(F)F)(c4ccccc4)C(=O)C3C1C2(CCc1ccccc1)OC(=O)C(F)(F)F. The molecule has 220 valence electrons. The van der Waals surface area contributed by atoms with E-state index in [0.29, 0.717) is 15.6 Å². The van der Waals surface area contributed by atoms with Crippen LogP contribution in [0.2, 0.25) is 0 Å². The fourth-order valence-corrected chi connectivity index (χ4v) is 5.54. The van der Waals surface area contributed by atoms with Crippen molar-refractivity contribution in [1.29, 1.82) is 0 Å². The van der Waals surface area contributed by atoms with Gasteiger partial charge in [0.2, 0.25) is 11.5 Å². The van der Waals surface area contributed by atoms with Gasteiger partial charge in [0.1, 0.15) is 12.0 Å². The Kier molecular flexibility index (Phi) is 6.66. The van der Waals surface area contributed by atoms with E-state index in [-0.39, 0.29) is 6.42 Å². The molecular weight excluding hydrogens is 578 g/mol. The molecule has 5 rings (SSSR count). The van der Waals surface area contributed by atoms with Gasteiger partial charge in [0, 0.05) is 18.2 Å². The predicted octanol–water partition coefficient (Wildman–Crippen LogP) is 3.15. The number of hydrogen-bond donors (Lipinski definition) is 0. The molecule has 4 unspecified atom stereocenters. The van der Waals surface area contributed by atoms with Crippen LogP contribution in [0.5, 0.6) is 0 Å². The lowest BCUT2D eigenvalue weighted by molar-refractivity contribution is -0.243. The number of Topliss-reactive ketones (excluding diaryl/α,β-unsaturated/α-hetero) is 1. The van der Waals surface area contributed by atoms with Crippen molar-refractivity contribution in [2.24, 2.45) is 5.92 Å². The fraction of sp³-hybridized carbons (Fsp3) is 0.296.